The minimum Gasteiger partial charge on any atom is -0.497 e. The zero-order chi connectivity index (χ0) is 32.6. The van der Waals surface area contributed by atoms with Crippen molar-refractivity contribution in [3.8, 4) is 5.75 Å². The molecule has 0 saturated heterocycles. The van der Waals surface area contributed by atoms with Crippen LogP contribution in [0.25, 0.3) is 0 Å². The topological polar surface area (TPSA) is 139 Å². The molecule has 1 atom stereocenters. The van der Waals surface area contributed by atoms with E-state index in [0.29, 0.717) is 22.9 Å². The number of carbonyl (C=O) groups is 2. The molecule has 0 aromatic heterocycles. The Balaban J connectivity index is 2.12. The van der Waals surface area contributed by atoms with E-state index < -0.39 is 33.4 Å². The first-order valence-corrected chi connectivity index (χ1v) is 15.8. The van der Waals surface area contributed by atoms with E-state index in [1.54, 1.807) is 31.2 Å². The third kappa shape index (κ3) is 8.26. The zero-order valence-electron chi connectivity index (χ0n) is 25.3. The van der Waals surface area contributed by atoms with Crippen molar-refractivity contribution in [2.45, 2.75) is 51.6 Å². The molecule has 3 aromatic rings. The Morgan fingerprint density at radius 2 is 1.73 bits per heavy atom. The summed E-state index contributed by atoms with van der Waals surface area (Å²) in [6, 6.07) is 15.5. The molecule has 0 bridgehead atoms. The molecule has 0 aliphatic rings. The number of anilines is 1. The molecule has 0 spiro atoms. The fourth-order valence-corrected chi connectivity index (χ4v) is 6.13. The molecule has 3 rings (SSSR count). The Morgan fingerprint density at radius 1 is 1.07 bits per heavy atom. The highest BCUT2D eigenvalue weighted by Gasteiger charge is 2.34. The summed E-state index contributed by atoms with van der Waals surface area (Å²) in [6.45, 7) is 6.79. The van der Waals surface area contributed by atoms with Gasteiger partial charge in [0.1, 0.15) is 18.3 Å². The number of nitro groups is 1. The molecule has 3 aromatic carbocycles. The van der Waals surface area contributed by atoms with Crippen LogP contribution in [0.2, 0.25) is 5.02 Å². The number of hydrogen-bond donors (Lipinski definition) is 1. The molecular weight excluding hydrogens is 608 g/mol. The number of methoxy groups -OCH3 is 1. The first-order chi connectivity index (χ1) is 20.8. The van der Waals surface area contributed by atoms with E-state index >= 15 is 0 Å². The average molecular weight is 645 g/mol. The molecule has 0 aliphatic carbocycles. The smallest absolute Gasteiger partial charge is 0.273 e. The van der Waals surface area contributed by atoms with Crippen LogP contribution < -0.4 is 14.4 Å². The van der Waals surface area contributed by atoms with Crippen LogP contribution in [-0.4, -0.2) is 56.3 Å². The molecule has 0 heterocycles. The van der Waals surface area contributed by atoms with Crippen molar-refractivity contribution in [1.29, 1.82) is 0 Å². The van der Waals surface area contributed by atoms with Crippen molar-refractivity contribution in [3.63, 3.8) is 0 Å². The maximum absolute atomic E-state index is 14.2. The number of nitrogens with one attached hydrogen (secondary N) is 1. The van der Waals surface area contributed by atoms with Gasteiger partial charge in [0.15, 0.2) is 0 Å². The lowest BCUT2D eigenvalue weighted by Gasteiger charge is -2.33. The normalized spacial score (nSPS) is 12.0. The second-order valence-corrected chi connectivity index (χ2v) is 12.9. The molecule has 1 N–H and O–H groups in total. The number of hydrogen-bond acceptors (Lipinski definition) is 7. The van der Waals surface area contributed by atoms with Crippen molar-refractivity contribution in [2.75, 3.05) is 24.5 Å². The summed E-state index contributed by atoms with van der Waals surface area (Å²) in [5.41, 5.74) is 0.605. The third-order valence-corrected chi connectivity index (χ3v) is 9.11. The van der Waals surface area contributed by atoms with Gasteiger partial charge in [-0.05, 0) is 61.2 Å². The van der Waals surface area contributed by atoms with Crippen molar-refractivity contribution >= 4 is 44.8 Å². The van der Waals surface area contributed by atoms with Crippen molar-refractivity contribution in [1.82, 2.24) is 10.2 Å². The van der Waals surface area contributed by atoms with Crippen LogP contribution in [0.4, 0.5) is 11.4 Å². The molecule has 44 heavy (non-hydrogen) atoms. The van der Waals surface area contributed by atoms with Crippen LogP contribution in [0.15, 0.2) is 71.6 Å². The molecule has 2 amide bonds. The standard InChI is InChI=1S/C31H37ClN4O7S/c1-6-28(31(38)33-18-21(2)3)34(19-23-9-7-8-10-27(23)32)30(37)20-35(24-12-14-25(43-5)15-13-24)44(41,42)26-16-11-22(4)29(17-26)36(39)40/h7-17,21,28H,6,18-20H2,1-5H3,(H,33,38). The summed E-state index contributed by atoms with van der Waals surface area (Å²) in [6.07, 6.45) is 0.250. The lowest BCUT2D eigenvalue weighted by molar-refractivity contribution is -0.385. The summed E-state index contributed by atoms with van der Waals surface area (Å²) in [5, 5.41) is 14.9. The first-order valence-electron chi connectivity index (χ1n) is 14.0. The number of rotatable bonds is 14. The lowest BCUT2D eigenvalue weighted by atomic mass is 10.1. The van der Waals surface area contributed by atoms with Crippen LogP contribution in [0, 0.1) is 23.0 Å². The molecule has 0 aliphatic heterocycles. The Hall–Kier alpha value is -4.16. The van der Waals surface area contributed by atoms with Gasteiger partial charge in [0, 0.05) is 29.7 Å². The van der Waals surface area contributed by atoms with Crippen LogP contribution in [-0.2, 0) is 26.2 Å². The maximum Gasteiger partial charge on any atom is 0.273 e. The highest BCUT2D eigenvalue weighted by molar-refractivity contribution is 7.92. The van der Waals surface area contributed by atoms with Gasteiger partial charge in [-0.25, -0.2) is 8.42 Å². The van der Waals surface area contributed by atoms with Crippen LogP contribution in [0.1, 0.15) is 38.3 Å². The minimum absolute atomic E-state index is 0.0569. The number of amides is 2. The minimum atomic E-state index is -4.52. The first kappa shape index (κ1) is 34.3. The quantitative estimate of drug-likeness (QED) is 0.185. The van der Waals surface area contributed by atoms with Crippen molar-refractivity contribution < 1.29 is 27.7 Å². The predicted octanol–water partition coefficient (Wildman–Crippen LogP) is 5.34. The number of benzene rings is 3. The number of halogens is 1. The fraction of sp³-hybridized carbons (Fsp3) is 0.355. The maximum atomic E-state index is 14.2. The number of aryl methyl sites for hydroxylation is 1. The monoisotopic (exact) mass is 644 g/mol. The van der Waals surface area contributed by atoms with Crippen LogP contribution in [0.3, 0.4) is 0 Å². The molecule has 1 unspecified atom stereocenters. The molecule has 11 nitrogen and oxygen atoms in total. The highest BCUT2D eigenvalue weighted by Crippen LogP contribution is 2.30. The Labute approximate surface area is 263 Å². The summed E-state index contributed by atoms with van der Waals surface area (Å²) < 4.78 is 34.3. The van der Waals surface area contributed by atoms with E-state index in [1.807, 2.05) is 13.8 Å². The largest absolute Gasteiger partial charge is 0.497 e. The van der Waals surface area contributed by atoms with E-state index in [4.69, 9.17) is 16.3 Å². The number of nitro benzene ring substituents is 1. The van der Waals surface area contributed by atoms with Gasteiger partial charge in [-0.3, -0.25) is 24.0 Å². The van der Waals surface area contributed by atoms with Gasteiger partial charge in [-0.2, -0.15) is 0 Å². The molecular formula is C31H37ClN4O7S. The number of ether oxygens (including phenoxy) is 1. The van der Waals surface area contributed by atoms with Crippen molar-refractivity contribution in [2.24, 2.45) is 5.92 Å². The Morgan fingerprint density at radius 3 is 2.30 bits per heavy atom. The van der Waals surface area contributed by atoms with Gasteiger partial charge in [-0.1, -0.05) is 56.6 Å². The summed E-state index contributed by atoms with van der Waals surface area (Å²) >= 11 is 6.43. The van der Waals surface area contributed by atoms with Crippen LogP contribution >= 0.6 is 11.6 Å². The fourth-order valence-electron chi connectivity index (χ4n) is 4.50. The van der Waals surface area contributed by atoms with Gasteiger partial charge >= 0.3 is 0 Å². The van der Waals surface area contributed by atoms with E-state index in [0.717, 1.165) is 10.4 Å². The number of nitrogens with zero attached hydrogens (tertiary/aromatic N) is 3. The van der Waals surface area contributed by atoms with Crippen molar-refractivity contribution in [3.05, 3.63) is 93.0 Å². The third-order valence-electron chi connectivity index (χ3n) is 6.97. The molecule has 236 valence electrons. The number of sulfonamides is 1. The van der Waals surface area contributed by atoms with E-state index in [1.165, 1.54) is 55.3 Å². The predicted molar refractivity (Wildman–Crippen MR) is 169 cm³/mol. The van der Waals surface area contributed by atoms with Gasteiger partial charge in [-0.15, -0.1) is 0 Å². The molecule has 13 heteroatoms. The number of carbonyl (C=O) groups excluding carboxylic acids is 2. The Kier molecular flexibility index (Phi) is 11.7. The van der Waals surface area contributed by atoms with Crippen LogP contribution in [0.5, 0.6) is 5.75 Å². The average Bonchev–Trinajstić information content (AvgIpc) is 2.99. The summed E-state index contributed by atoms with van der Waals surface area (Å²) in [5.74, 6) is -0.429. The molecule has 0 radical (unpaired) electrons. The van der Waals surface area contributed by atoms with Gasteiger partial charge in [0.25, 0.3) is 15.7 Å². The molecule has 0 fully saturated rings. The van der Waals surface area contributed by atoms with E-state index in [9.17, 15) is 28.1 Å². The summed E-state index contributed by atoms with van der Waals surface area (Å²) in [4.78, 5) is 39.4. The molecule has 0 saturated carbocycles. The van der Waals surface area contributed by atoms with E-state index in [-0.39, 0.29) is 46.6 Å². The SMILES string of the molecule is CCC(C(=O)NCC(C)C)N(Cc1ccccc1Cl)C(=O)CN(c1ccc(OC)cc1)S(=O)(=O)c1ccc(C)c([N+](=O)[O-])c1. The van der Waals surface area contributed by atoms with Gasteiger partial charge in [0.05, 0.1) is 22.6 Å². The lowest BCUT2D eigenvalue weighted by Crippen LogP contribution is -2.52. The van der Waals surface area contributed by atoms with Gasteiger partial charge < -0.3 is 15.0 Å². The van der Waals surface area contributed by atoms with Gasteiger partial charge in [0.2, 0.25) is 11.8 Å². The highest BCUT2D eigenvalue weighted by atomic mass is 35.5. The second kappa shape index (κ2) is 15.0. The Bertz CT molecular complexity index is 1600. The second-order valence-electron chi connectivity index (χ2n) is 10.6. The summed E-state index contributed by atoms with van der Waals surface area (Å²) in [7, 11) is -3.06. The zero-order valence-corrected chi connectivity index (χ0v) is 26.9. The van der Waals surface area contributed by atoms with E-state index in [2.05, 4.69) is 5.32 Å².